The molecule has 2 atom stereocenters. The molecular formula is C11H21N3O. The monoisotopic (exact) mass is 211 g/mol. The molecule has 2 fully saturated rings. The Labute approximate surface area is 91.6 Å². The van der Waals surface area contributed by atoms with Crippen LogP contribution in [0.4, 0.5) is 0 Å². The maximum atomic E-state index is 11.8. The lowest BCUT2D eigenvalue weighted by Gasteiger charge is -2.24. The van der Waals surface area contributed by atoms with Crippen LogP contribution in [-0.4, -0.2) is 54.1 Å². The molecular weight excluding hydrogens is 190 g/mol. The van der Waals surface area contributed by atoms with Crippen molar-refractivity contribution in [2.75, 3.05) is 20.1 Å². The van der Waals surface area contributed by atoms with Crippen LogP contribution in [-0.2, 0) is 4.79 Å². The number of amides is 1. The first kappa shape index (κ1) is 10.9. The molecule has 15 heavy (non-hydrogen) atoms. The van der Waals surface area contributed by atoms with E-state index in [1.807, 2.05) is 11.8 Å². The molecule has 0 radical (unpaired) electrons. The van der Waals surface area contributed by atoms with Gasteiger partial charge in [0.05, 0.1) is 12.2 Å². The highest BCUT2D eigenvalue weighted by Gasteiger charge is 2.34. The van der Waals surface area contributed by atoms with E-state index >= 15 is 0 Å². The minimum atomic E-state index is -0.00812. The molecule has 0 aromatic carbocycles. The first-order chi connectivity index (χ1) is 7.09. The summed E-state index contributed by atoms with van der Waals surface area (Å²) in [5.74, 6) is 0.242. The van der Waals surface area contributed by atoms with Gasteiger partial charge in [-0.1, -0.05) is 0 Å². The molecule has 1 saturated carbocycles. The van der Waals surface area contributed by atoms with Gasteiger partial charge in [-0.15, -0.1) is 0 Å². The van der Waals surface area contributed by atoms with Crippen LogP contribution in [0.3, 0.4) is 0 Å². The lowest BCUT2D eigenvalue weighted by atomic mass is 10.3. The van der Waals surface area contributed by atoms with E-state index in [0.717, 1.165) is 19.1 Å². The van der Waals surface area contributed by atoms with E-state index < -0.39 is 0 Å². The van der Waals surface area contributed by atoms with Gasteiger partial charge in [-0.25, -0.2) is 0 Å². The average molecular weight is 211 g/mol. The van der Waals surface area contributed by atoms with Crippen LogP contribution in [0.15, 0.2) is 0 Å². The van der Waals surface area contributed by atoms with Crippen LogP contribution in [0.1, 0.15) is 26.7 Å². The molecule has 1 saturated heterocycles. The summed E-state index contributed by atoms with van der Waals surface area (Å²) in [6.45, 7) is 5.83. The molecule has 2 unspecified atom stereocenters. The molecule has 4 nitrogen and oxygen atoms in total. The van der Waals surface area contributed by atoms with Crippen molar-refractivity contribution in [3.8, 4) is 0 Å². The second-order valence-corrected chi connectivity index (χ2v) is 4.81. The predicted molar refractivity (Wildman–Crippen MR) is 59.4 cm³/mol. The van der Waals surface area contributed by atoms with E-state index in [9.17, 15) is 4.79 Å². The van der Waals surface area contributed by atoms with Gasteiger partial charge in [-0.3, -0.25) is 10.1 Å². The van der Waals surface area contributed by atoms with E-state index in [1.54, 1.807) is 0 Å². The molecule has 1 aliphatic heterocycles. The van der Waals surface area contributed by atoms with Crippen LogP contribution >= 0.6 is 0 Å². The SMILES string of the molecule is CC1NC(C)N(CCN(C)C2CC2)C1=O. The summed E-state index contributed by atoms with van der Waals surface area (Å²) >= 11 is 0. The minimum absolute atomic E-state index is 0.00812. The molecule has 2 aliphatic rings. The van der Waals surface area contributed by atoms with Gasteiger partial charge in [0.1, 0.15) is 0 Å². The predicted octanol–water partition coefficient (Wildman–Crippen LogP) is 0.247. The van der Waals surface area contributed by atoms with Crippen molar-refractivity contribution in [1.82, 2.24) is 15.1 Å². The second-order valence-electron chi connectivity index (χ2n) is 4.81. The Bertz CT molecular complexity index is 252. The van der Waals surface area contributed by atoms with E-state index in [1.165, 1.54) is 12.8 Å². The zero-order valence-electron chi connectivity index (χ0n) is 9.86. The Hall–Kier alpha value is -0.610. The van der Waals surface area contributed by atoms with E-state index in [-0.39, 0.29) is 18.1 Å². The molecule has 1 heterocycles. The van der Waals surface area contributed by atoms with Crippen LogP contribution in [0, 0.1) is 0 Å². The second kappa shape index (κ2) is 4.10. The summed E-state index contributed by atoms with van der Waals surface area (Å²) in [5, 5.41) is 3.24. The number of hydrogen-bond acceptors (Lipinski definition) is 3. The van der Waals surface area contributed by atoms with Gasteiger partial charge < -0.3 is 9.80 Å². The quantitative estimate of drug-likeness (QED) is 0.724. The molecule has 0 aromatic heterocycles. The first-order valence-electron chi connectivity index (χ1n) is 5.86. The fourth-order valence-electron chi connectivity index (χ4n) is 2.23. The van der Waals surface area contributed by atoms with Gasteiger partial charge in [0.25, 0.3) is 0 Å². The Morgan fingerprint density at radius 2 is 2.13 bits per heavy atom. The highest BCUT2D eigenvalue weighted by molar-refractivity contribution is 5.83. The van der Waals surface area contributed by atoms with Crippen molar-refractivity contribution in [2.45, 2.75) is 44.9 Å². The third-order valence-electron chi connectivity index (χ3n) is 3.48. The van der Waals surface area contributed by atoms with Crippen molar-refractivity contribution in [1.29, 1.82) is 0 Å². The molecule has 2 rings (SSSR count). The third-order valence-corrected chi connectivity index (χ3v) is 3.48. The number of likely N-dealkylation sites (N-methyl/N-ethyl adjacent to an activating group) is 1. The summed E-state index contributed by atoms with van der Waals surface area (Å²) in [6, 6.07) is 0.773. The van der Waals surface area contributed by atoms with Crippen molar-refractivity contribution in [3.05, 3.63) is 0 Å². The molecule has 1 aliphatic carbocycles. The summed E-state index contributed by atoms with van der Waals surface area (Å²) in [7, 11) is 2.15. The van der Waals surface area contributed by atoms with Crippen LogP contribution < -0.4 is 5.32 Å². The highest BCUT2D eigenvalue weighted by Crippen LogP contribution is 2.25. The molecule has 0 spiro atoms. The van der Waals surface area contributed by atoms with Crippen molar-refractivity contribution < 1.29 is 4.79 Å². The highest BCUT2D eigenvalue weighted by atomic mass is 16.2. The molecule has 0 bridgehead atoms. The van der Waals surface area contributed by atoms with Crippen LogP contribution in [0.2, 0.25) is 0 Å². The largest absolute Gasteiger partial charge is 0.325 e. The molecule has 4 heteroatoms. The normalized spacial score (nSPS) is 31.7. The number of rotatable bonds is 4. The smallest absolute Gasteiger partial charge is 0.240 e. The molecule has 1 amide bonds. The number of carbonyl (C=O) groups is 1. The maximum absolute atomic E-state index is 11.8. The Morgan fingerprint density at radius 1 is 1.47 bits per heavy atom. The fourth-order valence-corrected chi connectivity index (χ4v) is 2.23. The van der Waals surface area contributed by atoms with Gasteiger partial charge in [-0.05, 0) is 33.7 Å². The third kappa shape index (κ3) is 2.32. The molecule has 1 N–H and O–H groups in total. The summed E-state index contributed by atoms with van der Waals surface area (Å²) < 4.78 is 0. The van der Waals surface area contributed by atoms with Crippen molar-refractivity contribution >= 4 is 5.91 Å². The zero-order chi connectivity index (χ0) is 11.0. The Balaban J connectivity index is 1.80. The lowest BCUT2D eigenvalue weighted by molar-refractivity contribution is -0.129. The minimum Gasteiger partial charge on any atom is -0.325 e. The van der Waals surface area contributed by atoms with Gasteiger partial charge in [0.2, 0.25) is 5.91 Å². The molecule has 0 aromatic rings. The van der Waals surface area contributed by atoms with Crippen LogP contribution in [0.25, 0.3) is 0 Å². The van der Waals surface area contributed by atoms with Crippen LogP contribution in [0.5, 0.6) is 0 Å². The number of hydrogen-bond donors (Lipinski definition) is 1. The zero-order valence-corrected chi connectivity index (χ0v) is 9.86. The van der Waals surface area contributed by atoms with Gasteiger partial charge in [0, 0.05) is 19.1 Å². The van der Waals surface area contributed by atoms with Crippen molar-refractivity contribution in [2.24, 2.45) is 0 Å². The summed E-state index contributed by atoms with van der Waals surface area (Å²) in [4.78, 5) is 16.1. The maximum Gasteiger partial charge on any atom is 0.240 e. The van der Waals surface area contributed by atoms with E-state index in [0.29, 0.717) is 0 Å². The summed E-state index contributed by atoms with van der Waals surface area (Å²) in [5.41, 5.74) is 0. The molecule has 86 valence electrons. The lowest BCUT2D eigenvalue weighted by Crippen LogP contribution is -2.40. The van der Waals surface area contributed by atoms with E-state index in [2.05, 4.69) is 24.2 Å². The fraction of sp³-hybridized carbons (Fsp3) is 0.909. The number of carbonyl (C=O) groups excluding carboxylic acids is 1. The Kier molecular flexibility index (Phi) is 2.98. The van der Waals surface area contributed by atoms with Gasteiger partial charge in [0.15, 0.2) is 0 Å². The number of nitrogens with one attached hydrogen (secondary N) is 1. The van der Waals surface area contributed by atoms with E-state index in [4.69, 9.17) is 0 Å². The van der Waals surface area contributed by atoms with Gasteiger partial charge in [-0.2, -0.15) is 0 Å². The number of nitrogens with zero attached hydrogens (tertiary/aromatic N) is 2. The van der Waals surface area contributed by atoms with Crippen molar-refractivity contribution in [3.63, 3.8) is 0 Å². The van der Waals surface area contributed by atoms with Gasteiger partial charge >= 0.3 is 0 Å². The summed E-state index contributed by atoms with van der Waals surface area (Å²) in [6.07, 6.45) is 2.85. The topological polar surface area (TPSA) is 35.6 Å². The standard InChI is InChI=1S/C11H21N3O/c1-8-11(15)14(9(2)12-8)7-6-13(3)10-4-5-10/h8-10,12H,4-7H2,1-3H3. The Morgan fingerprint density at radius 3 is 2.60 bits per heavy atom. The average Bonchev–Trinajstić information content (AvgIpc) is 2.96. The first-order valence-corrected chi connectivity index (χ1v) is 5.86.